The number of thiazole rings is 1. The molecule has 0 bridgehead atoms. The Balaban J connectivity index is 2.95. The summed E-state index contributed by atoms with van der Waals surface area (Å²) in [6.07, 6.45) is 3.57. The standard InChI is InChI=1S/C16H31N3OS/c1-6-9-10-19(13(4)7-2)16-18-14(12-20-5)15(21-16)11-17-8-3/h13,17H,6-12H2,1-5H3. The third kappa shape index (κ3) is 5.57. The van der Waals surface area contributed by atoms with Gasteiger partial charge in [-0.25, -0.2) is 4.98 Å². The molecule has 21 heavy (non-hydrogen) atoms. The first kappa shape index (κ1) is 18.4. The van der Waals surface area contributed by atoms with Crippen LogP contribution in [-0.4, -0.2) is 31.2 Å². The molecule has 0 saturated carbocycles. The van der Waals surface area contributed by atoms with Gasteiger partial charge in [-0.2, -0.15) is 0 Å². The van der Waals surface area contributed by atoms with Crippen molar-refractivity contribution in [2.45, 2.75) is 66.2 Å². The smallest absolute Gasteiger partial charge is 0.186 e. The first-order chi connectivity index (χ1) is 10.2. The van der Waals surface area contributed by atoms with Crippen LogP contribution in [-0.2, 0) is 17.9 Å². The normalized spacial score (nSPS) is 12.6. The molecule has 0 amide bonds. The maximum Gasteiger partial charge on any atom is 0.186 e. The number of unbranched alkanes of at least 4 members (excludes halogenated alkanes) is 1. The molecule has 0 aliphatic rings. The second-order valence-electron chi connectivity index (χ2n) is 5.38. The van der Waals surface area contributed by atoms with Gasteiger partial charge in [0.05, 0.1) is 12.3 Å². The molecule has 1 rings (SSSR count). The van der Waals surface area contributed by atoms with Crippen molar-refractivity contribution in [2.75, 3.05) is 25.1 Å². The summed E-state index contributed by atoms with van der Waals surface area (Å²) in [4.78, 5) is 8.62. The van der Waals surface area contributed by atoms with Crippen molar-refractivity contribution in [1.82, 2.24) is 10.3 Å². The molecule has 0 aliphatic heterocycles. The Labute approximate surface area is 133 Å². The molecule has 1 atom stereocenters. The molecule has 1 heterocycles. The van der Waals surface area contributed by atoms with Crippen LogP contribution < -0.4 is 10.2 Å². The Hall–Kier alpha value is -0.650. The molecule has 1 N–H and O–H groups in total. The Morgan fingerprint density at radius 3 is 2.67 bits per heavy atom. The zero-order chi connectivity index (χ0) is 15.7. The average molecular weight is 314 g/mol. The highest BCUT2D eigenvalue weighted by molar-refractivity contribution is 7.15. The minimum absolute atomic E-state index is 0.532. The zero-order valence-corrected chi connectivity index (χ0v) is 15.1. The van der Waals surface area contributed by atoms with Crippen LogP contribution in [0.5, 0.6) is 0 Å². The number of hydrogen-bond acceptors (Lipinski definition) is 5. The molecule has 0 aromatic carbocycles. The van der Waals surface area contributed by atoms with Gasteiger partial charge in [-0.15, -0.1) is 11.3 Å². The van der Waals surface area contributed by atoms with Crippen LogP contribution in [0.15, 0.2) is 0 Å². The number of hydrogen-bond donors (Lipinski definition) is 1. The predicted octanol–water partition coefficient (Wildman–Crippen LogP) is 3.80. The zero-order valence-electron chi connectivity index (χ0n) is 14.2. The van der Waals surface area contributed by atoms with E-state index in [1.165, 1.54) is 17.7 Å². The molecule has 5 heteroatoms. The van der Waals surface area contributed by atoms with E-state index in [9.17, 15) is 0 Å². The summed E-state index contributed by atoms with van der Waals surface area (Å²) in [7, 11) is 1.74. The summed E-state index contributed by atoms with van der Waals surface area (Å²) in [5, 5.41) is 4.55. The van der Waals surface area contributed by atoms with E-state index in [1.54, 1.807) is 7.11 Å². The number of rotatable bonds is 11. The highest BCUT2D eigenvalue weighted by atomic mass is 32.1. The van der Waals surface area contributed by atoms with Gasteiger partial charge in [0.1, 0.15) is 0 Å². The number of aromatic nitrogens is 1. The van der Waals surface area contributed by atoms with Crippen molar-refractivity contribution < 1.29 is 4.74 Å². The molecule has 122 valence electrons. The summed E-state index contributed by atoms with van der Waals surface area (Å²) in [5.41, 5.74) is 1.09. The van der Waals surface area contributed by atoms with Gasteiger partial charge in [0.25, 0.3) is 0 Å². The lowest BCUT2D eigenvalue weighted by molar-refractivity contribution is 0.181. The lowest BCUT2D eigenvalue weighted by Crippen LogP contribution is -2.33. The van der Waals surface area contributed by atoms with Gasteiger partial charge < -0.3 is 15.0 Å². The summed E-state index contributed by atoms with van der Waals surface area (Å²) < 4.78 is 5.31. The average Bonchev–Trinajstić information content (AvgIpc) is 2.88. The van der Waals surface area contributed by atoms with E-state index in [0.717, 1.165) is 36.9 Å². The molecule has 1 unspecified atom stereocenters. The highest BCUT2D eigenvalue weighted by Crippen LogP contribution is 2.29. The van der Waals surface area contributed by atoms with Gasteiger partial charge in [-0.3, -0.25) is 0 Å². The fourth-order valence-corrected chi connectivity index (χ4v) is 3.33. The summed E-state index contributed by atoms with van der Waals surface area (Å²) in [5.74, 6) is 0. The third-order valence-corrected chi connectivity index (χ3v) is 4.84. The van der Waals surface area contributed by atoms with Gasteiger partial charge in [0, 0.05) is 31.1 Å². The lowest BCUT2D eigenvalue weighted by atomic mass is 10.2. The molecular weight excluding hydrogens is 282 g/mol. The topological polar surface area (TPSA) is 37.4 Å². The second-order valence-corrected chi connectivity index (χ2v) is 6.45. The predicted molar refractivity (Wildman–Crippen MR) is 92.2 cm³/mol. The summed E-state index contributed by atoms with van der Waals surface area (Å²) in [6, 6.07) is 0.532. The minimum atomic E-state index is 0.532. The quantitative estimate of drug-likeness (QED) is 0.674. The summed E-state index contributed by atoms with van der Waals surface area (Å²) in [6.45, 7) is 12.4. The Morgan fingerprint density at radius 1 is 1.33 bits per heavy atom. The first-order valence-electron chi connectivity index (χ1n) is 8.12. The van der Waals surface area contributed by atoms with Crippen molar-refractivity contribution >= 4 is 16.5 Å². The van der Waals surface area contributed by atoms with E-state index in [-0.39, 0.29) is 0 Å². The fourth-order valence-electron chi connectivity index (χ4n) is 2.17. The molecule has 1 aromatic heterocycles. The van der Waals surface area contributed by atoms with Crippen LogP contribution in [0, 0.1) is 0 Å². The molecule has 0 fully saturated rings. The van der Waals surface area contributed by atoms with E-state index in [2.05, 4.69) is 37.9 Å². The van der Waals surface area contributed by atoms with E-state index < -0.39 is 0 Å². The number of nitrogens with zero attached hydrogens (tertiary/aromatic N) is 2. The van der Waals surface area contributed by atoms with Crippen molar-refractivity contribution in [3.63, 3.8) is 0 Å². The highest BCUT2D eigenvalue weighted by Gasteiger charge is 2.19. The largest absolute Gasteiger partial charge is 0.378 e. The van der Waals surface area contributed by atoms with Crippen LogP contribution >= 0.6 is 11.3 Å². The van der Waals surface area contributed by atoms with Gasteiger partial charge in [-0.05, 0) is 26.3 Å². The van der Waals surface area contributed by atoms with Crippen LogP contribution in [0.4, 0.5) is 5.13 Å². The third-order valence-electron chi connectivity index (χ3n) is 3.70. The van der Waals surface area contributed by atoms with E-state index >= 15 is 0 Å². The van der Waals surface area contributed by atoms with Crippen LogP contribution in [0.1, 0.15) is 57.5 Å². The van der Waals surface area contributed by atoms with E-state index in [0.29, 0.717) is 12.6 Å². The van der Waals surface area contributed by atoms with Gasteiger partial charge in [0.2, 0.25) is 0 Å². The Bertz CT molecular complexity index is 395. The maximum atomic E-state index is 5.31. The van der Waals surface area contributed by atoms with Gasteiger partial charge in [0.15, 0.2) is 5.13 Å². The van der Waals surface area contributed by atoms with Crippen LogP contribution in [0.3, 0.4) is 0 Å². The number of nitrogens with one attached hydrogen (secondary N) is 1. The van der Waals surface area contributed by atoms with Crippen molar-refractivity contribution in [3.8, 4) is 0 Å². The molecule has 4 nitrogen and oxygen atoms in total. The van der Waals surface area contributed by atoms with Crippen molar-refractivity contribution in [1.29, 1.82) is 0 Å². The lowest BCUT2D eigenvalue weighted by Gasteiger charge is -2.28. The SMILES string of the molecule is CCCCN(c1nc(COC)c(CNCC)s1)C(C)CC. The Morgan fingerprint density at radius 2 is 2.10 bits per heavy atom. The number of ether oxygens (including phenoxy) is 1. The van der Waals surface area contributed by atoms with E-state index in [4.69, 9.17) is 9.72 Å². The van der Waals surface area contributed by atoms with E-state index in [1.807, 2.05) is 11.3 Å². The second kappa shape index (κ2) is 10.1. The maximum absolute atomic E-state index is 5.31. The van der Waals surface area contributed by atoms with Crippen LogP contribution in [0.2, 0.25) is 0 Å². The number of methoxy groups -OCH3 is 1. The van der Waals surface area contributed by atoms with Crippen molar-refractivity contribution in [3.05, 3.63) is 10.6 Å². The first-order valence-corrected chi connectivity index (χ1v) is 8.94. The molecular formula is C16H31N3OS. The van der Waals surface area contributed by atoms with Crippen LogP contribution in [0.25, 0.3) is 0 Å². The van der Waals surface area contributed by atoms with Gasteiger partial charge in [-0.1, -0.05) is 27.2 Å². The number of anilines is 1. The van der Waals surface area contributed by atoms with Gasteiger partial charge >= 0.3 is 0 Å². The van der Waals surface area contributed by atoms with Crippen molar-refractivity contribution in [2.24, 2.45) is 0 Å². The molecule has 0 spiro atoms. The minimum Gasteiger partial charge on any atom is -0.378 e. The molecule has 1 aromatic rings. The fraction of sp³-hybridized carbons (Fsp3) is 0.812. The molecule has 0 saturated heterocycles. The summed E-state index contributed by atoms with van der Waals surface area (Å²) >= 11 is 1.81. The Kier molecular flexibility index (Phi) is 8.88. The molecule has 0 aliphatic carbocycles. The monoisotopic (exact) mass is 313 g/mol. The molecule has 0 radical (unpaired) electrons.